The molecule has 1 aromatic heterocycles. The summed E-state index contributed by atoms with van der Waals surface area (Å²) in [6.45, 7) is 4.45. The molecule has 0 aliphatic heterocycles. The van der Waals surface area contributed by atoms with Crippen molar-refractivity contribution in [2.24, 2.45) is 0 Å². The molecule has 0 radical (unpaired) electrons. The van der Waals surface area contributed by atoms with E-state index in [2.05, 4.69) is 5.32 Å². The van der Waals surface area contributed by atoms with Crippen LogP contribution in [-0.2, 0) is 22.9 Å². The van der Waals surface area contributed by atoms with Crippen LogP contribution in [0.15, 0.2) is 35.2 Å². The zero-order chi connectivity index (χ0) is 19.4. The highest BCUT2D eigenvalue weighted by Gasteiger charge is 2.22. The maximum absolute atomic E-state index is 12.7. The fraction of sp³-hybridized carbons (Fsp3) is 0.450. The summed E-state index contributed by atoms with van der Waals surface area (Å²) in [5, 5.41) is 2.86. The maximum Gasteiger partial charge on any atom is 0.265 e. The van der Waals surface area contributed by atoms with Crippen LogP contribution < -0.4 is 5.32 Å². The lowest BCUT2D eigenvalue weighted by Crippen LogP contribution is -2.30. The molecule has 1 amide bonds. The zero-order valence-electron chi connectivity index (χ0n) is 15.8. The molecule has 0 fully saturated rings. The summed E-state index contributed by atoms with van der Waals surface area (Å²) in [7, 11) is -3.55. The first-order valence-corrected chi connectivity index (χ1v) is 11.7. The molecule has 0 spiro atoms. The number of sulfonamides is 1. The van der Waals surface area contributed by atoms with Crippen LogP contribution in [0.1, 0.15) is 53.2 Å². The summed E-state index contributed by atoms with van der Waals surface area (Å²) in [6.07, 6.45) is 5.69. The Morgan fingerprint density at radius 3 is 2.59 bits per heavy atom. The van der Waals surface area contributed by atoms with Crippen molar-refractivity contribution in [1.82, 2.24) is 4.31 Å². The average molecular weight is 407 g/mol. The van der Waals surface area contributed by atoms with Crippen LogP contribution >= 0.6 is 11.3 Å². The molecule has 0 bridgehead atoms. The molecule has 0 saturated heterocycles. The molecule has 1 aliphatic rings. The number of rotatable bonds is 6. The third-order valence-electron chi connectivity index (χ3n) is 4.91. The van der Waals surface area contributed by atoms with Gasteiger partial charge in [0.25, 0.3) is 5.91 Å². The average Bonchev–Trinajstić information content (AvgIpc) is 2.94. The van der Waals surface area contributed by atoms with E-state index >= 15 is 0 Å². The number of hydrogen-bond donors (Lipinski definition) is 1. The second kappa shape index (κ2) is 8.54. The Labute approximate surface area is 165 Å². The Morgan fingerprint density at radius 1 is 1.11 bits per heavy atom. The topological polar surface area (TPSA) is 66.5 Å². The molecule has 0 unspecified atom stereocenters. The van der Waals surface area contributed by atoms with Crippen molar-refractivity contribution in [3.05, 3.63) is 45.6 Å². The summed E-state index contributed by atoms with van der Waals surface area (Å²) in [6, 6.07) is 8.48. The third-order valence-corrected chi connectivity index (χ3v) is 8.19. The largest absolute Gasteiger partial charge is 0.321 e. The second-order valence-corrected chi connectivity index (χ2v) is 9.77. The highest BCUT2D eigenvalue weighted by atomic mass is 32.2. The number of thiophene rings is 1. The van der Waals surface area contributed by atoms with Gasteiger partial charge in [0.1, 0.15) is 0 Å². The number of carbonyl (C=O) groups excluding carboxylic acids is 1. The van der Waals surface area contributed by atoms with Gasteiger partial charge >= 0.3 is 0 Å². The van der Waals surface area contributed by atoms with Gasteiger partial charge in [-0.3, -0.25) is 4.79 Å². The zero-order valence-corrected chi connectivity index (χ0v) is 17.5. The van der Waals surface area contributed by atoms with Crippen LogP contribution in [0.25, 0.3) is 0 Å². The smallest absolute Gasteiger partial charge is 0.265 e. The lowest BCUT2D eigenvalue weighted by molar-refractivity contribution is 0.103. The Bertz CT molecular complexity index is 892. The van der Waals surface area contributed by atoms with Crippen LogP contribution in [0.4, 0.5) is 5.69 Å². The van der Waals surface area contributed by atoms with E-state index in [0.717, 1.165) is 12.8 Å². The maximum atomic E-state index is 12.7. The number of nitrogens with zero attached hydrogens (tertiary/aromatic N) is 1. The molecule has 0 saturated carbocycles. The lowest BCUT2D eigenvalue weighted by atomic mass is 10.1. The van der Waals surface area contributed by atoms with Gasteiger partial charge in [0, 0.05) is 23.7 Å². The first-order chi connectivity index (χ1) is 13.0. The van der Waals surface area contributed by atoms with Crippen molar-refractivity contribution in [1.29, 1.82) is 0 Å². The van der Waals surface area contributed by atoms with Gasteiger partial charge in [0.2, 0.25) is 10.0 Å². The molecule has 1 aromatic carbocycles. The van der Waals surface area contributed by atoms with Gasteiger partial charge in [0.05, 0.1) is 9.77 Å². The molecule has 7 heteroatoms. The second-order valence-electron chi connectivity index (χ2n) is 6.69. The molecular weight excluding hydrogens is 380 g/mol. The fourth-order valence-corrected chi connectivity index (χ4v) is 6.07. The van der Waals surface area contributed by atoms with E-state index in [0.29, 0.717) is 23.7 Å². The van der Waals surface area contributed by atoms with E-state index in [-0.39, 0.29) is 10.8 Å². The molecule has 5 nitrogen and oxygen atoms in total. The highest BCUT2D eigenvalue weighted by Crippen LogP contribution is 2.29. The molecule has 146 valence electrons. The van der Waals surface area contributed by atoms with Crippen LogP contribution in [0, 0.1) is 0 Å². The summed E-state index contributed by atoms with van der Waals surface area (Å²) in [5.74, 6) is -0.175. The minimum Gasteiger partial charge on any atom is -0.321 e. The van der Waals surface area contributed by atoms with Gasteiger partial charge < -0.3 is 5.32 Å². The number of anilines is 1. The number of fused-ring (bicyclic) bond motifs is 1. The van der Waals surface area contributed by atoms with Crippen molar-refractivity contribution in [3.63, 3.8) is 0 Å². The Balaban J connectivity index is 1.79. The van der Waals surface area contributed by atoms with Crippen LogP contribution in [-0.4, -0.2) is 31.7 Å². The third kappa shape index (κ3) is 4.42. The normalized spacial score (nSPS) is 14.6. The minimum atomic E-state index is -3.55. The molecule has 0 atom stereocenters. The predicted octanol–water partition coefficient (Wildman–Crippen LogP) is 4.30. The first kappa shape index (κ1) is 20.0. The van der Waals surface area contributed by atoms with Crippen molar-refractivity contribution >= 4 is 33.0 Å². The summed E-state index contributed by atoms with van der Waals surface area (Å²) < 4.78 is 26.8. The summed E-state index contributed by atoms with van der Waals surface area (Å²) in [4.78, 5) is 14.9. The number of benzene rings is 1. The quantitative estimate of drug-likeness (QED) is 0.728. The van der Waals surface area contributed by atoms with E-state index in [1.807, 2.05) is 19.9 Å². The van der Waals surface area contributed by atoms with Crippen LogP contribution in [0.2, 0.25) is 0 Å². The Kier molecular flexibility index (Phi) is 6.34. The summed E-state index contributed by atoms with van der Waals surface area (Å²) in [5.41, 5.74) is 1.79. The van der Waals surface area contributed by atoms with E-state index < -0.39 is 10.0 Å². The van der Waals surface area contributed by atoms with E-state index in [1.54, 1.807) is 29.5 Å². The molecule has 27 heavy (non-hydrogen) atoms. The van der Waals surface area contributed by atoms with Crippen LogP contribution in [0.5, 0.6) is 0 Å². The SMILES string of the molecule is CCN(CC)S(=O)(=O)c1cccc(NC(=O)c2cc3c(s2)CCCCC3)c1. The molecular formula is C20H26N2O3S2. The van der Waals surface area contributed by atoms with Gasteiger partial charge in [-0.1, -0.05) is 26.3 Å². The van der Waals surface area contributed by atoms with Crippen LogP contribution in [0.3, 0.4) is 0 Å². The monoisotopic (exact) mass is 406 g/mol. The minimum absolute atomic E-state index is 0.175. The highest BCUT2D eigenvalue weighted by molar-refractivity contribution is 7.89. The number of hydrogen-bond acceptors (Lipinski definition) is 4. The Hall–Kier alpha value is -1.70. The van der Waals surface area contributed by atoms with Gasteiger partial charge in [-0.25, -0.2) is 8.42 Å². The van der Waals surface area contributed by atoms with Gasteiger partial charge in [-0.15, -0.1) is 11.3 Å². The fourth-order valence-electron chi connectivity index (χ4n) is 3.42. The van der Waals surface area contributed by atoms with Crippen molar-refractivity contribution in [2.45, 2.75) is 50.8 Å². The van der Waals surface area contributed by atoms with E-state index in [1.165, 1.54) is 40.1 Å². The lowest BCUT2D eigenvalue weighted by Gasteiger charge is -2.18. The predicted molar refractivity (Wildman–Crippen MR) is 110 cm³/mol. The molecule has 2 aromatic rings. The number of carbonyl (C=O) groups is 1. The standard InChI is InChI=1S/C20H26N2O3S2/c1-3-22(4-2)27(24,25)17-11-8-10-16(14-17)21-20(23)19-13-15-9-6-5-7-12-18(15)26-19/h8,10-11,13-14H,3-7,9,12H2,1-2H3,(H,21,23). The number of amides is 1. The molecule has 3 rings (SSSR count). The molecule has 1 aliphatic carbocycles. The van der Waals surface area contributed by atoms with Gasteiger partial charge in [-0.05, 0) is 55.5 Å². The Morgan fingerprint density at radius 2 is 1.85 bits per heavy atom. The first-order valence-electron chi connectivity index (χ1n) is 9.48. The summed E-state index contributed by atoms with van der Waals surface area (Å²) >= 11 is 1.56. The van der Waals surface area contributed by atoms with Crippen molar-refractivity contribution < 1.29 is 13.2 Å². The number of aryl methyl sites for hydroxylation is 2. The van der Waals surface area contributed by atoms with Crippen molar-refractivity contribution in [2.75, 3.05) is 18.4 Å². The van der Waals surface area contributed by atoms with E-state index in [9.17, 15) is 13.2 Å². The molecule has 1 N–H and O–H groups in total. The van der Waals surface area contributed by atoms with Crippen molar-refractivity contribution in [3.8, 4) is 0 Å². The van der Waals surface area contributed by atoms with Gasteiger partial charge in [0.15, 0.2) is 0 Å². The van der Waals surface area contributed by atoms with Gasteiger partial charge in [-0.2, -0.15) is 4.31 Å². The molecule has 1 heterocycles. The number of nitrogens with one attached hydrogen (secondary N) is 1. The van der Waals surface area contributed by atoms with E-state index in [4.69, 9.17) is 0 Å².